The smallest absolute Gasteiger partial charge is 0.262 e. The van der Waals surface area contributed by atoms with Crippen molar-refractivity contribution in [3.05, 3.63) is 0 Å². The minimum atomic E-state index is -2.42. The van der Waals surface area contributed by atoms with Gasteiger partial charge in [0, 0.05) is 13.0 Å². The van der Waals surface area contributed by atoms with Gasteiger partial charge in [0.2, 0.25) is 11.7 Å². The summed E-state index contributed by atoms with van der Waals surface area (Å²) in [6.45, 7) is 10.8. The first-order chi connectivity index (χ1) is 16.2. The highest BCUT2D eigenvalue weighted by molar-refractivity contribution is 5.94. The molecule has 0 unspecified atom stereocenters. The van der Waals surface area contributed by atoms with Crippen molar-refractivity contribution in [2.75, 3.05) is 6.54 Å². The lowest BCUT2D eigenvalue weighted by Crippen LogP contribution is -2.69. The molecule has 0 spiro atoms. The number of hydrogen-bond acceptors (Lipinski definition) is 8. The van der Waals surface area contributed by atoms with Gasteiger partial charge in [-0.1, -0.05) is 34.1 Å². The van der Waals surface area contributed by atoms with E-state index in [1.54, 1.807) is 20.8 Å². The average Bonchev–Trinajstić information content (AvgIpc) is 2.80. The maximum Gasteiger partial charge on any atom is 0.262 e. The molecule has 2 heterocycles. The van der Waals surface area contributed by atoms with Crippen molar-refractivity contribution in [1.29, 1.82) is 0 Å². The van der Waals surface area contributed by atoms with E-state index in [1.165, 1.54) is 0 Å². The SMILES string of the molecule is CC[C@H](C)[C@@H]1CC[C@@](O)([C@@](C)(O)C(=O)N[C@H](C(=O)N2NCCC[C@@H]2C(N)=O)[C@@H](O)C(C)C)O[C@H]1C. The molecule has 35 heavy (non-hydrogen) atoms. The second-order valence-corrected chi connectivity index (χ2v) is 10.6. The summed E-state index contributed by atoms with van der Waals surface area (Å²) < 4.78 is 5.82. The summed E-state index contributed by atoms with van der Waals surface area (Å²) in [6.07, 6.45) is 0.719. The molecule has 0 aromatic rings. The highest BCUT2D eigenvalue weighted by Crippen LogP contribution is 2.41. The third kappa shape index (κ3) is 6.14. The Morgan fingerprint density at radius 1 is 1.29 bits per heavy atom. The number of aliphatic hydroxyl groups is 3. The van der Waals surface area contributed by atoms with Crippen LogP contribution < -0.4 is 16.5 Å². The standard InChI is InChI=1S/C24H44N4O7/c1-7-14(4)16-10-11-24(34,35-15(16)5)23(6,33)22(32)27-18(19(29)13(2)3)21(31)28-17(20(25)30)9-8-12-26-28/h13-19,26,29,33-34H,7-12H2,1-6H3,(H2,25,30)(H,27,32)/t14-,15-,16-,17+,18-,19-,23-,24-/m0/s1. The highest BCUT2D eigenvalue weighted by Gasteiger charge is 2.57. The van der Waals surface area contributed by atoms with E-state index < -0.39 is 59.3 Å². The van der Waals surface area contributed by atoms with Gasteiger partial charge in [-0.3, -0.25) is 19.4 Å². The van der Waals surface area contributed by atoms with E-state index in [4.69, 9.17) is 10.5 Å². The third-order valence-electron chi connectivity index (χ3n) is 7.77. The van der Waals surface area contributed by atoms with E-state index in [9.17, 15) is 29.7 Å². The van der Waals surface area contributed by atoms with Gasteiger partial charge in [0.25, 0.3) is 11.8 Å². The van der Waals surface area contributed by atoms with E-state index in [0.29, 0.717) is 31.7 Å². The van der Waals surface area contributed by atoms with Gasteiger partial charge in [0.15, 0.2) is 5.60 Å². The fraction of sp³-hybridized carbons (Fsp3) is 0.875. The second kappa shape index (κ2) is 11.5. The van der Waals surface area contributed by atoms with Crippen molar-refractivity contribution in [1.82, 2.24) is 15.8 Å². The van der Waals surface area contributed by atoms with Crippen LogP contribution in [0.15, 0.2) is 0 Å². The largest absolute Gasteiger partial charge is 0.390 e. The number of primary amides is 1. The van der Waals surface area contributed by atoms with Crippen LogP contribution in [0, 0.1) is 17.8 Å². The molecule has 0 radical (unpaired) electrons. The monoisotopic (exact) mass is 500 g/mol. The van der Waals surface area contributed by atoms with E-state index in [-0.39, 0.29) is 12.3 Å². The first kappa shape index (κ1) is 29.4. The molecule has 2 rings (SSSR count). The summed E-state index contributed by atoms with van der Waals surface area (Å²) in [5.41, 5.74) is 5.86. The van der Waals surface area contributed by atoms with E-state index in [2.05, 4.69) is 24.6 Å². The maximum absolute atomic E-state index is 13.4. The fourth-order valence-corrected chi connectivity index (χ4v) is 4.98. The maximum atomic E-state index is 13.4. The molecular weight excluding hydrogens is 456 g/mol. The number of amides is 3. The molecule has 2 aliphatic heterocycles. The van der Waals surface area contributed by atoms with E-state index in [1.807, 2.05) is 0 Å². The van der Waals surface area contributed by atoms with Gasteiger partial charge in [0.1, 0.15) is 12.1 Å². The topological polar surface area (TPSA) is 174 Å². The Morgan fingerprint density at radius 2 is 1.91 bits per heavy atom. The zero-order chi connectivity index (χ0) is 26.7. The molecule has 2 aliphatic rings. The van der Waals surface area contributed by atoms with Crippen LogP contribution in [-0.4, -0.2) is 80.3 Å². The van der Waals surface area contributed by atoms with Crippen molar-refractivity contribution >= 4 is 17.7 Å². The first-order valence-electron chi connectivity index (χ1n) is 12.6. The Balaban J connectivity index is 2.27. The number of hydrogen-bond donors (Lipinski definition) is 6. The van der Waals surface area contributed by atoms with Crippen LogP contribution in [0.5, 0.6) is 0 Å². The Morgan fingerprint density at radius 3 is 2.43 bits per heavy atom. The molecule has 2 saturated heterocycles. The number of ether oxygens (including phenoxy) is 1. The number of nitrogens with two attached hydrogens (primary N) is 1. The minimum Gasteiger partial charge on any atom is -0.390 e. The Labute approximate surface area is 207 Å². The van der Waals surface area contributed by atoms with Gasteiger partial charge in [-0.05, 0) is 50.9 Å². The zero-order valence-corrected chi connectivity index (χ0v) is 21.8. The summed E-state index contributed by atoms with van der Waals surface area (Å²) in [6, 6.07) is -2.45. The molecule has 11 heteroatoms. The van der Waals surface area contributed by atoms with Crippen molar-refractivity contribution in [3.8, 4) is 0 Å². The molecule has 8 atom stereocenters. The quantitative estimate of drug-likeness (QED) is 0.252. The lowest BCUT2D eigenvalue weighted by atomic mass is 9.77. The number of rotatable bonds is 9. The first-order valence-corrected chi connectivity index (χ1v) is 12.6. The molecule has 202 valence electrons. The van der Waals surface area contributed by atoms with Gasteiger partial charge < -0.3 is 31.1 Å². The average molecular weight is 501 g/mol. The molecule has 0 aliphatic carbocycles. The van der Waals surface area contributed by atoms with Crippen LogP contribution in [0.25, 0.3) is 0 Å². The van der Waals surface area contributed by atoms with Crippen LogP contribution >= 0.6 is 0 Å². The summed E-state index contributed by atoms with van der Waals surface area (Å²) >= 11 is 0. The van der Waals surface area contributed by atoms with Crippen molar-refractivity contribution in [2.45, 2.75) is 109 Å². The predicted octanol–water partition coefficient (Wildman–Crippen LogP) is -0.230. The van der Waals surface area contributed by atoms with E-state index >= 15 is 0 Å². The lowest BCUT2D eigenvalue weighted by molar-refractivity contribution is -0.327. The molecule has 0 aromatic carbocycles. The zero-order valence-electron chi connectivity index (χ0n) is 21.8. The Bertz CT molecular complexity index is 777. The van der Waals surface area contributed by atoms with Crippen LogP contribution in [0.3, 0.4) is 0 Å². The highest BCUT2D eigenvalue weighted by atomic mass is 16.6. The van der Waals surface area contributed by atoms with Gasteiger partial charge in [-0.15, -0.1) is 0 Å². The van der Waals surface area contributed by atoms with Crippen LogP contribution in [-0.2, 0) is 19.1 Å². The minimum absolute atomic E-state index is 0.0234. The molecular formula is C24H44N4O7. The molecule has 3 amide bonds. The normalized spacial score (nSPS) is 31.8. The van der Waals surface area contributed by atoms with Gasteiger partial charge in [-0.2, -0.15) is 0 Å². The van der Waals surface area contributed by atoms with Gasteiger partial charge in [0.05, 0.1) is 12.2 Å². The van der Waals surface area contributed by atoms with Crippen molar-refractivity contribution < 1.29 is 34.4 Å². The Hall–Kier alpha value is -1.79. The molecule has 0 saturated carbocycles. The molecule has 0 bridgehead atoms. The second-order valence-electron chi connectivity index (χ2n) is 10.6. The van der Waals surface area contributed by atoms with Crippen molar-refractivity contribution in [2.24, 2.45) is 23.5 Å². The number of nitrogens with one attached hydrogen (secondary N) is 2. The molecule has 11 nitrogen and oxygen atoms in total. The lowest BCUT2D eigenvalue weighted by Gasteiger charge is -2.48. The summed E-state index contributed by atoms with van der Waals surface area (Å²) in [4.78, 5) is 38.6. The number of carbonyl (C=O) groups is 3. The number of aliphatic hydroxyl groups excluding tert-OH is 1. The third-order valence-corrected chi connectivity index (χ3v) is 7.77. The molecule has 7 N–H and O–H groups in total. The number of hydrazine groups is 1. The Kier molecular flexibility index (Phi) is 9.68. The molecule has 2 fully saturated rings. The van der Waals surface area contributed by atoms with Gasteiger partial charge in [-0.25, -0.2) is 5.43 Å². The summed E-state index contributed by atoms with van der Waals surface area (Å²) in [5.74, 6) is -4.68. The predicted molar refractivity (Wildman–Crippen MR) is 128 cm³/mol. The summed E-state index contributed by atoms with van der Waals surface area (Å²) in [5, 5.41) is 36.6. The summed E-state index contributed by atoms with van der Waals surface area (Å²) in [7, 11) is 0. The van der Waals surface area contributed by atoms with Crippen molar-refractivity contribution in [3.63, 3.8) is 0 Å². The van der Waals surface area contributed by atoms with Crippen LogP contribution in [0.2, 0.25) is 0 Å². The van der Waals surface area contributed by atoms with Crippen LogP contribution in [0.1, 0.15) is 73.6 Å². The van der Waals surface area contributed by atoms with Gasteiger partial charge >= 0.3 is 0 Å². The number of nitrogens with zero attached hydrogens (tertiary/aromatic N) is 1. The number of carbonyl (C=O) groups excluding carboxylic acids is 3. The van der Waals surface area contributed by atoms with Crippen LogP contribution in [0.4, 0.5) is 0 Å². The fourth-order valence-electron chi connectivity index (χ4n) is 4.98. The molecule has 0 aromatic heterocycles. The van der Waals surface area contributed by atoms with E-state index in [0.717, 1.165) is 18.4 Å².